The van der Waals surface area contributed by atoms with Gasteiger partial charge < -0.3 is 4.74 Å². The maximum atomic E-state index is 13.2. The Labute approximate surface area is 138 Å². The van der Waals surface area contributed by atoms with Gasteiger partial charge in [0.15, 0.2) is 0 Å². The van der Waals surface area contributed by atoms with Crippen molar-refractivity contribution in [3.05, 3.63) is 40.3 Å². The Morgan fingerprint density at radius 3 is 2.83 bits per heavy atom. The highest BCUT2D eigenvalue weighted by Gasteiger charge is 2.41. The molecule has 0 aromatic heterocycles. The van der Waals surface area contributed by atoms with Crippen molar-refractivity contribution in [2.75, 3.05) is 13.2 Å². The van der Waals surface area contributed by atoms with Crippen molar-refractivity contribution < 1.29 is 13.2 Å². The second kappa shape index (κ2) is 6.04. The molecule has 3 aliphatic rings. The molecular formula is C18H23NO3S. The van der Waals surface area contributed by atoms with Crippen LogP contribution in [-0.2, 0) is 21.2 Å². The number of nitrogens with zero attached hydrogens (tertiary/aromatic N) is 1. The Kier molecular flexibility index (Phi) is 4.03. The van der Waals surface area contributed by atoms with Crippen LogP contribution in [0.5, 0.6) is 0 Å². The second-order valence-corrected chi connectivity index (χ2v) is 8.63. The number of benzene rings is 1. The van der Waals surface area contributed by atoms with Gasteiger partial charge in [-0.25, -0.2) is 8.42 Å². The fourth-order valence-electron chi connectivity index (χ4n) is 4.12. The highest BCUT2D eigenvalue weighted by Crippen LogP contribution is 2.35. The first kappa shape index (κ1) is 15.4. The minimum atomic E-state index is -3.38. The summed E-state index contributed by atoms with van der Waals surface area (Å²) in [4.78, 5) is 0.572. The van der Waals surface area contributed by atoms with E-state index in [0.717, 1.165) is 37.7 Å². The smallest absolute Gasteiger partial charge is 0.239 e. The summed E-state index contributed by atoms with van der Waals surface area (Å²) in [5.41, 5.74) is 2.29. The molecule has 1 aliphatic heterocycles. The number of fused-ring (bicyclic) bond motifs is 2. The molecule has 0 unspecified atom stereocenters. The molecule has 124 valence electrons. The first-order chi connectivity index (χ1) is 11.2. The maximum Gasteiger partial charge on any atom is 0.239 e. The van der Waals surface area contributed by atoms with Gasteiger partial charge in [-0.2, -0.15) is 4.31 Å². The van der Waals surface area contributed by atoms with E-state index < -0.39 is 10.0 Å². The summed E-state index contributed by atoms with van der Waals surface area (Å²) < 4.78 is 34.0. The van der Waals surface area contributed by atoms with Crippen molar-refractivity contribution in [1.29, 1.82) is 0 Å². The first-order valence-electron chi connectivity index (χ1n) is 8.58. The molecule has 2 aliphatic carbocycles. The summed E-state index contributed by atoms with van der Waals surface area (Å²) in [6.45, 7) is 1.01. The van der Waals surface area contributed by atoms with Gasteiger partial charge in [0.1, 0.15) is 0 Å². The molecule has 2 fully saturated rings. The third-order valence-electron chi connectivity index (χ3n) is 5.33. The quantitative estimate of drug-likeness (QED) is 0.836. The van der Waals surface area contributed by atoms with E-state index >= 15 is 0 Å². The van der Waals surface area contributed by atoms with Gasteiger partial charge in [-0.3, -0.25) is 0 Å². The third-order valence-corrected chi connectivity index (χ3v) is 7.39. The molecule has 2 atom stereocenters. The summed E-state index contributed by atoms with van der Waals surface area (Å²) in [5.74, 6) is 0. The van der Waals surface area contributed by atoms with Crippen LogP contribution in [0, 0.1) is 0 Å². The maximum absolute atomic E-state index is 13.2. The number of rotatable bonds is 2. The van der Waals surface area contributed by atoms with Crippen molar-refractivity contribution in [3.8, 4) is 0 Å². The molecule has 1 aromatic rings. The number of sulfonamides is 1. The Hall–Kier alpha value is -1.17. The monoisotopic (exact) mass is 333 g/mol. The van der Waals surface area contributed by atoms with Crippen LogP contribution in [-0.4, -0.2) is 38.0 Å². The molecule has 0 spiro atoms. The molecule has 23 heavy (non-hydrogen) atoms. The SMILES string of the molecule is O=S(=O)(C1=Cc2ccccc2CC1)N1CCO[C@@H]2CCCC[C@H]21. The van der Waals surface area contributed by atoms with Crippen LogP contribution < -0.4 is 0 Å². The minimum Gasteiger partial charge on any atom is -0.375 e. The van der Waals surface area contributed by atoms with Crippen molar-refractivity contribution in [2.45, 2.75) is 50.7 Å². The number of hydrogen-bond acceptors (Lipinski definition) is 3. The zero-order valence-corrected chi connectivity index (χ0v) is 14.1. The summed E-state index contributed by atoms with van der Waals surface area (Å²) in [5, 5.41) is 0. The molecule has 5 heteroatoms. The lowest BCUT2D eigenvalue weighted by Crippen LogP contribution is -2.54. The largest absolute Gasteiger partial charge is 0.375 e. The van der Waals surface area contributed by atoms with Gasteiger partial charge in [0.2, 0.25) is 10.0 Å². The molecule has 1 aromatic carbocycles. The Morgan fingerprint density at radius 1 is 1.09 bits per heavy atom. The number of ether oxygens (including phenoxy) is 1. The van der Waals surface area contributed by atoms with Gasteiger partial charge in [0.05, 0.1) is 23.7 Å². The lowest BCUT2D eigenvalue weighted by atomic mass is 9.91. The molecular weight excluding hydrogens is 310 g/mol. The standard InChI is InChI=1S/C18H23NO3S/c20-23(21,16-10-9-14-5-1-2-6-15(14)13-16)19-11-12-22-18-8-4-3-7-17(18)19/h1-2,5-6,13,17-18H,3-4,7-12H2/t17-,18-/m1/s1. The summed E-state index contributed by atoms with van der Waals surface area (Å²) >= 11 is 0. The van der Waals surface area contributed by atoms with Gasteiger partial charge in [-0.15, -0.1) is 0 Å². The average molecular weight is 333 g/mol. The van der Waals surface area contributed by atoms with Crippen molar-refractivity contribution in [2.24, 2.45) is 0 Å². The predicted octanol–water partition coefficient (Wildman–Crippen LogP) is 2.95. The van der Waals surface area contributed by atoms with Gasteiger partial charge >= 0.3 is 0 Å². The molecule has 1 saturated carbocycles. The first-order valence-corrected chi connectivity index (χ1v) is 10.0. The van der Waals surface area contributed by atoms with E-state index in [-0.39, 0.29) is 12.1 Å². The van der Waals surface area contributed by atoms with Crippen molar-refractivity contribution >= 4 is 16.1 Å². The second-order valence-electron chi connectivity index (χ2n) is 6.69. The number of aryl methyl sites for hydroxylation is 1. The minimum absolute atomic E-state index is 0.0283. The van der Waals surface area contributed by atoms with Crippen LogP contribution in [0.4, 0.5) is 0 Å². The van der Waals surface area contributed by atoms with Gasteiger partial charge in [0.25, 0.3) is 0 Å². The van der Waals surface area contributed by atoms with Gasteiger partial charge in [-0.05, 0) is 42.9 Å². The normalized spacial score (nSPS) is 28.6. The predicted molar refractivity (Wildman–Crippen MR) is 90.4 cm³/mol. The number of morpholine rings is 1. The van der Waals surface area contributed by atoms with E-state index in [2.05, 4.69) is 6.07 Å². The summed E-state index contributed by atoms with van der Waals surface area (Å²) in [6, 6.07) is 8.10. The van der Waals surface area contributed by atoms with E-state index in [4.69, 9.17) is 4.74 Å². The number of allylic oxidation sites excluding steroid dienone is 1. The van der Waals surface area contributed by atoms with E-state index in [9.17, 15) is 8.42 Å². The number of hydrogen-bond donors (Lipinski definition) is 0. The fourth-order valence-corrected chi connectivity index (χ4v) is 5.97. The van der Waals surface area contributed by atoms with Crippen LogP contribution in [0.1, 0.15) is 43.2 Å². The molecule has 4 rings (SSSR count). The summed E-state index contributed by atoms with van der Waals surface area (Å²) in [7, 11) is -3.38. The zero-order chi connectivity index (χ0) is 15.9. The van der Waals surface area contributed by atoms with E-state index in [0.29, 0.717) is 24.5 Å². The molecule has 0 bridgehead atoms. The fraction of sp³-hybridized carbons (Fsp3) is 0.556. The molecule has 0 N–H and O–H groups in total. The Morgan fingerprint density at radius 2 is 1.91 bits per heavy atom. The highest BCUT2D eigenvalue weighted by atomic mass is 32.2. The van der Waals surface area contributed by atoms with Crippen LogP contribution in [0.25, 0.3) is 6.08 Å². The average Bonchev–Trinajstić information content (AvgIpc) is 2.60. The van der Waals surface area contributed by atoms with E-state index in [1.807, 2.05) is 24.3 Å². The lowest BCUT2D eigenvalue weighted by molar-refractivity contribution is -0.0583. The van der Waals surface area contributed by atoms with E-state index in [1.165, 1.54) is 5.56 Å². The van der Waals surface area contributed by atoms with E-state index in [1.54, 1.807) is 4.31 Å². The zero-order valence-electron chi connectivity index (χ0n) is 13.3. The van der Waals surface area contributed by atoms with Crippen molar-refractivity contribution in [1.82, 2.24) is 4.31 Å². The summed E-state index contributed by atoms with van der Waals surface area (Å²) in [6.07, 6.45) is 7.52. The van der Waals surface area contributed by atoms with Crippen LogP contribution >= 0.6 is 0 Å². The van der Waals surface area contributed by atoms with Crippen LogP contribution in [0.2, 0.25) is 0 Å². The van der Waals surface area contributed by atoms with Gasteiger partial charge in [0, 0.05) is 6.54 Å². The highest BCUT2D eigenvalue weighted by molar-refractivity contribution is 7.93. The lowest BCUT2D eigenvalue weighted by Gasteiger charge is -2.43. The molecule has 4 nitrogen and oxygen atoms in total. The third kappa shape index (κ3) is 2.75. The van der Waals surface area contributed by atoms with Gasteiger partial charge in [-0.1, -0.05) is 37.1 Å². The topological polar surface area (TPSA) is 46.6 Å². The molecule has 0 amide bonds. The van der Waals surface area contributed by atoms with Crippen molar-refractivity contribution in [3.63, 3.8) is 0 Å². The van der Waals surface area contributed by atoms with Crippen LogP contribution in [0.15, 0.2) is 29.2 Å². The molecule has 1 saturated heterocycles. The Bertz CT molecular complexity index is 724. The Balaban J connectivity index is 1.66. The molecule has 1 heterocycles. The molecule has 0 radical (unpaired) electrons. The van der Waals surface area contributed by atoms with Crippen LogP contribution in [0.3, 0.4) is 0 Å².